The minimum atomic E-state index is 0.102. The Morgan fingerprint density at radius 2 is 2.33 bits per heavy atom. The molecule has 0 radical (unpaired) electrons. The van der Waals surface area contributed by atoms with Crippen LogP contribution in [0.1, 0.15) is 22.5 Å². The molecule has 1 amide bonds. The minimum Gasteiger partial charge on any atom is -0.496 e. The Balaban J connectivity index is 1.76. The van der Waals surface area contributed by atoms with Gasteiger partial charge in [0.15, 0.2) is 0 Å². The number of thiophene rings is 1. The van der Waals surface area contributed by atoms with Crippen LogP contribution in [0.2, 0.25) is 0 Å². The SMILES string of the molecule is COc1csc(C(=O)N2CC(CN)C3(CCOCC3)C2)c1. The summed E-state index contributed by atoms with van der Waals surface area (Å²) in [4.78, 5) is 15.4. The Bertz CT molecular complexity index is 511. The molecule has 2 aliphatic rings. The smallest absolute Gasteiger partial charge is 0.264 e. The molecule has 21 heavy (non-hydrogen) atoms. The molecular formula is C15H22N2O3S. The lowest BCUT2D eigenvalue weighted by Crippen LogP contribution is -2.40. The van der Waals surface area contributed by atoms with Crippen LogP contribution < -0.4 is 10.5 Å². The Labute approximate surface area is 129 Å². The normalized spacial score (nSPS) is 24.5. The van der Waals surface area contributed by atoms with Gasteiger partial charge < -0.3 is 20.1 Å². The maximum Gasteiger partial charge on any atom is 0.264 e. The summed E-state index contributed by atoms with van der Waals surface area (Å²) >= 11 is 1.44. The van der Waals surface area contributed by atoms with Crippen LogP contribution in [0.15, 0.2) is 11.4 Å². The van der Waals surface area contributed by atoms with Crippen molar-refractivity contribution in [2.24, 2.45) is 17.1 Å². The van der Waals surface area contributed by atoms with Crippen molar-refractivity contribution in [1.29, 1.82) is 0 Å². The molecule has 5 nitrogen and oxygen atoms in total. The highest BCUT2D eigenvalue weighted by atomic mass is 32.1. The second kappa shape index (κ2) is 5.94. The van der Waals surface area contributed by atoms with Crippen molar-refractivity contribution in [3.8, 4) is 5.75 Å². The van der Waals surface area contributed by atoms with Crippen molar-refractivity contribution < 1.29 is 14.3 Å². The molecule has 3 heterocycles. The van der Waals surface area contributed by atoms with Crippen LogP contribution in [0.3, 0.4) is 0 Å². The minimum absolute atomic E-state index is 0.102. The average Bonchev–Trinajstić information content (AvgIpc) is 3.12. The van der Waals surface area contributed by atoms with Gasteiger partial charge in [-0.2, -0.15) is 0 Å². The zero-order valence-corrected chi connectivity index (χ0v) is 13.2. The number of nitrogens with two attached hydrogens (primary N) is 1. The van der Waals surface area contributed by atoms with Gasteiger partial charge in [0.05, 0.1) is 12.0 Å². The Morgan fingerprint density at radius 1 is 1.57 bits per heavy atom. The average molecular weight is 310 g/mol. The predicted molar refractivity (Wildman–Crippen MR) is 81.8 cm³/mol. The molecule has 0 aromatic carbocycles. The van der Waals surface area contributed by atoms with Crippen LogP contribution in [0.4, 0.5) is 0 Å². The number of rotatable bonds is 3. The number of nitrogens with zero attached hydrogens (tertiary/aromatic N) is 1. The number of amides is 1. The van der Waals surface area contributed by atoms with Gasteiger partial charge in [-0.1, -0.05) is 0 Å². The monoisotopic (exact) mass is 310 g/mol. The van der Waals surface area contributed by atoms with Gasteiger partial charge in [0, 0.05) is 37.7 Å². The number of ether oxygens (including phenoxy) is 2. The van der Waals surface area contributed by atoms with Gasteiger partial charge in [0.25, 0.3) is 5.91 Å². The van der Waals surface area contributed by atoms with Gasteiger partial charge >= 0.3 is 0 Å². The van der Waals surface area contributed by atoms with E-state index >= 15 is 0 Å². The standard InChI is InChI=1S/C15H22N2O3S/c1-19-12-6-13(21-9-12)14(18)17-8-11(7-16)15(10-17)2-4-20-5-3-15/h6,9,11H,2-5,7-8,10,16H2,1H3. The molecule has 2 fully saturated rings. The molecule has 3 rings (SSSR count). The number of likely N-dealkylation sites (tertiary alicyclic amines) is 1. The van der Waals surface area contributed by atoms with Crippen LogP contribution in [-0.4, -0.2) is 50.8 Å². The molecule has 1 aromatic rings. The van der Waals surface area contributed by atoms with Crippen molar-refractivity contribution in [2.75, 3.05) is 40.0 Å². The van der Waals surface area contributed by atoms with Gasteiger partial charge in [-0.15, -0.1) is 11.3 Å². The van der Waals surface area contributed by atoms with Crippen LogP contribution in [0.25, 0.3) is 0 Å². The van der Waals surface area contributed by atoms with E-state index in [1.807, 2.05) is 16.3 Å². The zero-order valence-electron chi connectivity index (χ0n) is 12.3. The molecule has 0 aliphatic carbocycles. The number of methoxy groups -OCH3 is 1. The van der Waals surface area contributed by atoms with E-state index in [0.29, 0.717) is 12.5 Å². The van der Waals surface area contributed by atoms with Crippen molar-refractivity contribution in [1.82, 2.24) is 4.90 Å². The Kier molecular flexibility index (Phi) is 4.19. The summed E-state index contributed by atoms with van der Waals surface area (Å²) in [5.74, 6) is 1.23. The van der Waals surface area contributed by atoms with E-state index in [1.165, 1.54) is 11.3 Å². The highest BCUT2D eigenvalue weighted by molar-refractivity contribution is 7.12. The highest BCUT2D eigenvalue weighted by Crippen LogP contribution is 2.44. The molecule has 2 N–H and O–H groups in total. The molecule has 0 saturated carbocycles. The second-order valence-corrected chi connectivity index (χ2v) is 6.86. The molecule has 2 saturated heterocycles. The van der Waals surface area contributed by atoms with Crippen LogP contribution in [0.5, 0.6) is 5.75 Å². The number of carbonyl (C=O) groups excluding carboxylic acids is 1. The molecule has 6 heteroatoms. The third-order valence-electron chi connectivity index (χ3n) is 4.89. The van der Waals surface area contributed by atoms with Gasteiger partial charge in [0.1, 0.15) is 5.75 Å². The molecule has 1 unspecified atom stereocenters. The van der Waals surface area contributed by atoms with E-state index in [4.69, 9.17) is 15.2 Å². The summed E-state index contributed by atoms with van der Waals surface area (Å²) < 4.78 is 10.7. The fraction of sp³-hybridized carbons (Fsp3) is 0.667. The molecule has 116 valence electrons. The second-order valence-electron chi connectivity index (χ2n) is 5.94. The molecule has 1 aromatic heterocycles. The van der Waals surface area contributed by atoms with Gasteiger partial charge in [0.2, 0.25) is 0 Å². The topological polar surface area (TPSA) is 64.8 Å². The van der Waals surface area contributed by atoms with Gasteiger partial charge in [-0.05, 0) is 30.7 Å². The van der Waals surface area contributed by atoms with Crippen molar-refractivity contribution in [3.05, 3.63) is 16.3 Å². The van der Waals surface area contributed by atoms with E-state index in [2.05, 4.69) is 0 Å². The largest absolute Gasteiger partial charge is 0.496 e. The Hall–Kier alpha value is -1.11. The van der Waals surface area contributed by atoms with E-state index < -0.39 is 0 Å². The molecule has 0 bridgehead atoms. The van der Waals surface area contributed by atoms with Crippen molar-refractivity contribution >= 4 is 17.2 Å². The quantitative estimate of drug-likeness (QED) is 0.921. The van der Waals surface area contributed by atoms with Gasteiger partial charge in [-0.3, -0.25) is 4.79 Å². The molecule has 1 spiro atoms. The maximum absolute atomic E-state index is 12.7. The number of hydrogen-bond acceptors (Lipinski definition) is 5. The highest BCUT2D eigenvalue weighted by Gasteiger charge is 2.48. The first-order valence-electron chi connectivity index (χ1n) is 7.38. The molecule has 2 aliphatic heterocycles. The third kappa shape index (κ3) is 2.67. The van der Waals surface area contributed by atoms with Crippen LogP contribution in [-0.2, 0) is 4.74 Å². The third-order valence-corrected chi connectivity index (χ3v) is 5.79. The molecule has 1 atom stereocenters. The first-order chi connectivity index (χ1) is 10.2. The lowest BCUT2D eigenvalue weighted by molar-refractivity contribution is 0.00141. The first kappa shape index (κ1) is 14.8. The number of hydrogen-bond donors (Lipinski definition) is 1. The van der Waals surface area contributed by atoms with Gasteiger partial charge in [-0.25, -0.2) is 0 Å². The maximum atomic E-state index is 12.7. The summed E-state index contributed by atoms with van der Waals surface area (Å²) in [6.07, 6.45) is 2.01. The fourth-order valence-electron chi connectivity index (χ4n) is 3.55. The Morgan fingerprint density at radius 3 is 2.95 bits per heavy atom. The first-order valence-corrected chi connectivity index (χ1v) is 8.26. The summed E-state index contributed by atoms with van der Waals surface area (Å²) in [5.41, 5.74) is 6.13. The van der Waals surface area contributed by atoms with E-state index in [-0.39, 0.29) is 11.3 Å². The van der Waals surface area contributed by atoms with E-state index in [1.54, 1.807) is 7.11 Å². The van der Waals surface area contributed by atoms with E-state index in [9.17, 15) is 4.79 Å². The zero-order chi connectivity index (χ0) is 14.9. The predicted octanol–water partition coefficient (Wildman–Crippen LogP) is 1.58. The summed E-state index contributed by atoms with van der Waals surface area (Å²) in [6, 6.07) is 1.82. The number of carbonyl (C=O) groups is 1. The summed E-state index contributed by atoms with van der Waals surface area (Å²) in [7, 11) is 1.62. The lowest BCUT2D eigenvalue weighted by Gasteiger charge is -2.37. The van der Waals surface area contributed by atoms with Crippen molar-refractivity contribution in [3.63, 3.8) is 0 Å². The molecular weight excluding hydrogens is 288 g/mol. The lowest BCUT2D eigenvalue weighted by atomic mass is 9.72. The fourth-order valence-corrected chi connectivity index (χ4v) is 4.37. The van der Waals surface area contributed by atoms with Crippen molar-refractivity contribution in [2.45, 2.75) is 12.8 Å². The van der Waals surface area contributed by atoms with Crippen LogP contribution in [0, 0.1) is 11.3 Å². The van der Waals surface area contributed by atoms with E-state index in [0.717, 1.165) is 49.8 Å². The summed E-state index contributed by atoms with van der Waals surface area (Å²) in [6.45, 7) is 3.76. The summed E-state index contributed by atoms with van der Waals surface area (Å²) in [5, 5.41) is 1.87. The van der Waals surface area contributed by atoms with Crippen LogP contribution >= 0.6 is 11.3 Å².